The first-order valence-electron chi connectivity index (χ1n) is 18.8. The van der Waals surface area contributed by atoms with Gasteiger partial charge in [0.1, 0.15) is 5.60 Å². The zero-order valence-corrected chi connectivity index (χ0v) is 31.7. The number of nitrogens with zero attached hydrogens (tertiary/aromatic N) is 6. The van der Waals surface area contributed by atoms with Crippen LogP contribution in [0.2, 0.25) is 0 Å². The average Bonchev–Trinajstić information content (AvgIpc) is 3.09. The quantitative estimate of drug-likeness (QED) is 0.251. The number of rotatable bonds is 10. The highest BCUT2D eigenvalue weighted by atomic mass is 16.6. The van der Waals surface area contributed by atoms with E-state index in [9.17, 15) is 9.59 Å². The van der Waals surface area contributed by atoms with Crippen LogP contribution in [0.5, 0.6) is 0 Å². The van der Waals surface area contributed by atoms with Gasteiger partial charge < -0.3 is 34.8 Å². The predicted octanol–water partition coefficient (Wildman–Crippen LogP) is 6.28. The van der Waals surface area contributed by atoms with Crippen LogP contribution in [0.3, 0.4) is 0 Å². The normalized spacial score (nSPS) is 17.6. The number of carbonyl (C=O) groups excluding carboxylic acids is 2. The van der Waals surface area contributed by atoms with Crippen molar-refractivity contribution in [2.75, 3.05) is 69.1 Å². The molecule has 3 amide bonds. The summed E-state index contributed by atoms with van der Waals surface area (Å²) in [5.74, 6) is 1.21. The zero-order chi connectivity index (χ0) is 36.8. The fraction of sp³-hybridized carbons (Fsp3) is 0.550. The van der Waals surface area contributed by atoms with Crippen molar-refractivity contribution in [2.45, 2.75) is 78.7 Å². The summed E-state index contributed by atoms with van der Waals surface area (Å²) in [6.07, 6.45) is 4.20. The number of aromatic nitrogens is 2. The van der Waals surface area contributed by atoms with Crippen LogP contribution in [0, 0.1) is 12.8 Å². The summed E-state index contributed by atoms with van der Waals surface area (Å²) in [5.41, 5.74) is 5.69. The number of amides is 3. The maximum Gasteiger partial charge on any atom is 0.410 e. The third kappa shape index (κ3) is 10.1. The van der Waals surface area contributed by atoms with E-state index in [1.807, 2.05) is 51.7 Å². The molecule has 3 fully saturated rings. The molecule has 4 heterocycles. The molecule has 3 aliphatic heterocycles. The zero-order valence-electron chi connectivity index (χ0n) is 31.7. The Morgan fingerprint density at radius 3 is 2.29 bits per heavy atom. The van der Waals surface area contributed by atoms with Crippen LogP contribution >= 0.6 is 0 Å². The van der Waals surface area contributed by atoms with E-state index < -0.39 is 5.60 Å². The number of urea groups is 1. The number of nitrogens with one attached hydrogen (secondary N) is 2. The van der Waals surface area contributed by atoms with Crippen molar-refractivity contribution < 1.29 is 19.1 Å². The number of piperazine rings is 1. The van der Waals surface area contributed by atoms with Crippen LogP contribution in [-0.2, 0) is 16.0 Å². The fourth-order valence-electron chi connectivity index (χ4n) is 7.05. The second kappa shape index (κ2) is 16.5. The molecular formula is C40H56N8O4. The van der Waals surface area contributed by atoms with Gasteiger partial charge in [0, 0.05) is 75.5 Å². The maximum absolute atomic E-state index is 12.6. The van der Waals surface area contributed by atoms with Crippen molar-refractivity contribution in [1.82, 2.24) is 30.0 Å². The van der Waals surface area contributed by atoms with Crippen molar-refractivity contribution in [3.8, 4) is 11.3 Å². The number of benzene rings is 2. The smallest absolute Gasteiger partial charge is 0.410 e. The van der Waals surface area contributed by atoms with Gasteiger partial charge in [-0.05, 0) is 108 Å². The largest absolute Gasteiger partial charge is 0.444 e. The Hall–Kier alpha value is -4.42. The highest BCUT2D eigenvalue weighted by Gasteiger charge is 2.32. The molecule has 12 heteroatoms. The van der Waals surface area contributed by atoms with Crippen LogP contribution in [0.25, 0.3) is 11.3 Å². The standard InChI is InChI=1S/C40H56N8O4/c1-28(2)51-35-26-48(27-35)38(49)42-24-32-8-7-31(23-29(32)3)36-13-16-41-37(44-36)43-33-9-11-34(12-10-33)46-17-14-30(15-18-46)25-45-19-21-47(22-20-45)39(50)52-40(4,5)6/h7-13,16,23,28,30,35H,14-15,17-22,24-27H2,1-6H3,(H,42,49)(H,41,43,44). The molecule has 3 aliphatic rings. The molecule has 0 radical (unpaired) electrons. The summed E-state index contributed by atoms with van der Waals surface area (Å²) in [6.45, 7) is 20.0. The van der Waals surface area contributed by atoms with Crippen LogP contribution in [-0.4, -0.2) is 114 Å². The second-order valence-corrected chi connectivity index (χ2v) is 15.6. The fourth-order valence-corrected chi connectivity index (χ4v) is 7.05. The number of piperidine rings is 1. The first-order chi connectivity index (χ1) is 24.9. The van der Waals surface area contributed by atoms with Gasteiger partial charge in [-0.25, -0.2) is 19.6 Å². The molecule has 3 saturated heterocycles. The van der Waals surface area contributed by atoms with E-state index in [4.69, 9.17) is 14.5 Å². The number of anilines is 3. The predicted molar refractivity (Wildman–Crippen MR) is 205 cm³/mol. The summed E-state index contributed by atoms with van der Waals surface area (Å²) >= 11 is 0. The minimum atomic E-state index is -0.458. The number of aryl methyl sites for hydroxylation is 1. The summed E-state index contributed by atoms with van der Waals surface area (Å²) in [4.78, 5) is 42.8. The molecule has 0 unspecified atom stereocenters. The Bertz CT molecular complexity index is 1650. The molecule has 3 aromatic rings. The van der Waals surface area contributed by atoms with Gasteiger partial charge in [-0.3, -0.25) is 4.90 Å². The Morgan fingerprint density at radius 2 is 1.63 bits per heavy atom. The van der Waals surface area contributed by atoms with Crippen LogP contribution in [0.15, 0.2) is 54.7 Å². The molecule has 12 nitrogen and oxygen atoms in total. The molecule has 2 aromatic carbocycles. The van der Waals surface area contributed by atoms with E-state index in [0.29, 0.717) is 31.5 Å². The summed E-state index contributed by atoms with van der Waals surface area (Å²) in [7, 11) is 0. The highest BCUT2D eigenvalue weighted by molar-refractivity contribution is 5.75. The first kappa shape index (κ1) is 37.3. The monoisotopic (exact) mass is 712 g/mol. The van der Waals surface area contributed by atoms with Crippen molar-refractivity contribution in [3.63, 3.8) is 0 Å². The van der Waals surface area contributed by atoms with Gasteiger partial charge in [-0.2, -0.15) is 0 Å². The molecule has 6 rings (SSSR count). The highest BCUT2D eigenvalue weighted by Crippen LogP contribution is 2.27. The minimum Gasteiger partial charge on any atom is -0.444 e. The van der Waals surface area contributed by atoms with Gasteiger partial charge in [-0.1, -0.05) is 12.1 Å². The Kier molecular flexibility index (Phi) is 11.8. The number of hydrogen-bond acceptors (Lipinski definition) is 9. The van der Waals surface area contributed by atoms with Crippen molar-refractivity contribution >= 4 is 29.4 Å². The molecule has 0 atom stereocenters. The molecule has 0 spiro atoms. The van der Waals surface area contributed by atoms with Gasteiger partial charge in [0.05, 0.1) is 31.0 Å². The molecule has 0 aliphatic carbocycles. The van der Waals surface area contributed by atoms with Gasteiger partial charge >= 0.3 is 12.1 Å². The molecule has 52 heavy (non-hydrogen) atoms. The van der Waals surface area contributed by atoms with E-state index in [1.165, 1.54) is 5.69 Å². The minimum absolute atomic E-state index is 0.0590. The van der Waals surface area contributed by atoms with E-state index in [0.717, 1.165) is 86.7 Å². The lowest BCUT2D eigenvalue weighted by Crippen LogP contribution is -2.58. The maximum atomic E-state index is 12.6. The summed E-state index contributed by atoms with van der Waals surface area (Å²) in [5, 5.41) is 6.41. The third-order valence-corrected chi connectivity index (χ3v) is 9.97. The lowest BCUT2D eigenvalue weighted by Gasteiger charge is -2.39. The third-order valence-electron chi connectivity index (χ3n) is 9.97. The molecule has 0 saturated carbocycles. The summed E-state index contributed by atoms with van der Waals surface area (Å²) < 4.78 is 11.3. The van der Waals surface area contributed by atoms with Crippen LogP contribution in [0.4, 0.5) is 26.9 Å². The van der Waals surface area contributed by atoms with Gasteiger partial charge in [-0.15, -0.1) is 0 Å². The number of hydrogen-bond donors (Lipinski definition) is 2. The molecule has 0 bridgehead atoms. The number of ether oxygens (including phenoxy) is 2. The first-order valence-corrected chi connectivity index (χ1v) is 18.8. The van der Waals surface area contributed by atoms with Crippen molar-refractivity contribution in [1.29, 1.82) is 0 Å². The average molecular weight is 713 g/mol. The number of likely N-dealkylation sites (tertiary alicyclic amines) is 1. The van der Waals surface area contributed by atoms with Crippen molar-refractivity contribution in [3.05, 3.63) is 65.9 Å². The molecular weight excluding hydrogens is 656 g/mol. The second-order valence-electron chi connectivity index (χ2n) is 15.6. The Labute approximate surface area is 308 Å². The molecule has 2 N–H and O–H groups in total. The Balaban J connectivity index is 0.939. The van der Waals surface area contributed by atoms with Gasteiger partial charge in [0.15, 0.2) is 0 Å². The lowest BCUT2D eigenvalue weighted by molar-refractivity contribution is -0.0641. The van der Waals surface area contributed by atoms with Crippen LogP contribution in [0.1, 0.15) is 58.6 Å². The molecule has 280 valence electrons. The molecule has 1 aromatic heterocycles. The van der Waals surface area contributed by atoms with E-state index in [-0.39, 0.29) is 24.3 Å². The summed E-state index contributed by atoms with van der Waals surface area (Å²) in [6, 6.07) is 16.6. The Morgan fingerprint density at radius 1 is 0.923 bits per heavy atom. The van der Waals surface area contributed by atoms with Crippen molar-refractivity contribution in [2.24, 2.45) is 5.92 Å². The van der Waals surface area contributed by atoms with E-state index in [1.54, 1.807) is 11.1 Å². The van der Waals surface area contributed by atoms with Crippen LogP contribution < -0.4 is 15.5 Å². The van der Waals surface area contributed by atoms with Gasteiger partial charge in [0.2, 0.25) is 5.95 Å². The van der Waals surface area contributed by atoms with E-state index >= 15 is 0 Å². The number of carbonyl (C=O) groups is 2. The van der Waals surface area contributed by atoms with E-state index in [2.05, 4.69) is 68.7 Å². The lowest BCUT2D eigenvalue weighted by atomic mass is 9.95. The van der Waals surface area contributed by atoms with Gasteiger partial charge in [0.25, 0.3) is 0 Å². The SMILES string of the molecule is Cc1cc(-c2ccnc(Nc3ccc(N4CCC(CN5CCN(C(=O)OC(C)(C)C)CC5)CC4)cc3)n2)ccc1CNC(=O)N1CC(OC(C)C)C1. The topological polar surface area (TPSA) is 115 Å².